The average Bonchev–Trinajstić information content (AvgIpc) is 1.74. The number of hydrogen-bond donors (Lipinski definition) is 0. The summed E-state index contributed by atoms with van der Waals surface area (Å²) in [6, 6.07) is 0. The summed E-state index contributed by atoms with van der Waals surface area (Å²) in [6.45, 7) is 4.93. The van der Waals surface area contributed by atoms with E-state index in [9.17, 15) is 0 Å². The lowest BCUT2D eigenvalue weighted by atomic mass is 9.81. The Balaban J connectivity index is 1.77. The Morgan fingerprint density at radius 1 is 1.50 bits per heavy atom. The molecule has 10 heavy (non-hydrogen) atoms. The molecule has 2 saturated heterocycles. The second kappa shape index (κ2) is 2.21. The quantitative estimate of drug-likeness (QED) is 0.571. The van der Waals surface area contributed by atoms with Gasteiger partial charge >= 0.3 is 0 Å². The molecule has 1 unspecified atom stereocenters. The van der Waals surface area contributed by atoms with Crippen molar-refractivity contribution in [2.24, 2.45) is 5.41 Å². The summed E-state index contributed by atoms with van der Waals surface area (Å²) < 4.78 is 10.4. The van der Waals surface area contributed by atoms with Gasteiger partial charge in [-0.2, -0.15) is 0 Å². The van der Waals surface area contributed by atoms with Crippen molar-refractivity contribution < 1.29 is 9.47 Å². The van der Waals surface area contributed by atoms with Gasteiger partial charge in [-0.25, -0.2) is 0 Å². The van der Waals surface area contributed by atoms with Crippen molar-refractivity contribution >= 4 is 0 Å². The van der Waals surface area contributed by atoms with E-state index in [4.69, 9.17) is 9.47 Å². The molecule has 2 rings (SSSR count). The van der Waals surface area contributed by atoms with E-state index in [0.717, 1.165) is 19.8 Å². The van der Waals surface area contributed by atoms with Crippen LogP contribution in [0.2, 0.25) is 0 Å². The van der Waals surface area contributed by atoms with Crippen LogP contribution in [0, 0.1) is 11.8 Å². The maximum atomic E-state index is 5.29. The fraction of sp³-hybridized carbons (Fsp3) is 0.875. The third-order valence-electron chi connectivity index (χ3n) is 2.19. The summed E-state index contributed by atoms with van der Waals surface area (Å²) in [7, 11) is 0. The highest BCUT2D eigenvalue weighted by Crippen LogP contribution is 2.34. The molecule has 0 saturated carbocycles. The first-order valence-electron chi connectivity index (χ1n) is 3.84. The van der Waals surface area contributed by atoms with Crippen LogP contribution in [-0.2, 0) is 9.47 Å². The zero-order valence-electron chi connectivity index (χ0n) is 6.30. The van der Waals surface area contributed by atoms with Crippen LogP contribution in [0.25, 0.3) is 0 Å². The highest BCUT2D eigenvalue weighted by Gasteiger charge is 2.38. The monoisotopic (exact) mass is 141 g/mol. The molecule has 0 aromatic heterocycles. The van der Waals surface area contributed by atoms with E-state index >= 15 is 0 Å². The third kappa shape index (κ3) is 1.06. The topological polar surface area (TPSA) is 18.5 Å². The summed E-state index contributed by atoms with van der Waals surface area (Å²) in [5.74, 6) is 0. The predicted molar refractivity (Wildman–Crippen MR) is 37.6 cm³/mol. The predicted octanol–water partition coefficient (Wildman–Crippen LogP) is 1.02. The van der Waals surface area contributed by atoms with Gasteiger partial charge in [0.2, 0.25) is 0 Å². The van der Waals surface area contributed by atoms with E-state index in [-0.39, 0.29) is 0 Å². The minimum Gasteiger partial charge on any atom is -0.380 e. The van der Waals surface area contributed by atoms with Gasteiger partial charge in [-0.05, 0) is 6.42 Å². The molecule has 2 nitrogen and oxygen atoms in total. The van der Waals surface area contributed by atoms with Crippen molar-refractivity contribution in [1.82, 2.24) is 0 Å². The van der Waals surface area contributed by atoms with E-state index in [1.165, 1.54) is 6.42 Å². The van der Waals surface area contributed by atoms with Crippen LogP contribution >= 0.6 is 0 Å². The van der Waals surface area contributed by atoms with Crippen LogP contribution in [0.15, 0.2) is 0 Å². The van der Waals surface area contributed by atoms with Crippen LogP contribution in [0.5, 0.6) is 0 Å². The highest BCUT2D eigenvalue weighted by molar-refractivity contribution is 5.00. The Kier molecular flexibility index (Phi) is 1.46. The van der Waals surface area contributed by atoms with Crippen molar-refractivity contribution in [3.05, 3.63) is 6.42 Å². The standard InChI is InChI=1S/C8H13O2/c1-8(5-9-6-8)4-7-2-3-10-7/h4,7H,2-3,5-6H2,1H3. The SMILES string of the molecule is CC1([CH]C2CCO2)COC1. The smallest absolute Gasteiger partial charge is 0.0636 e. The van der Waals surface area contributed by atoms with Gasteiger partial charge in [0.15, 0.2) is 0 Å². The molecule has 0 bridgehead atoms. The Morgan fingerprint density at radius 2 is 2.20 bits per heavy atom. The van der Waals surface area contributed by atoms with E-state index in [0.29, 0.717) is 11.5 Å². The lowest BCUT2D eigenvalue weighted by Crippen LogP contribution is -2.45. The number of hydrogen-bond acceptors (Lipinski definition) is 2. The van der Waals surface area contributed by atoms with Crippen LogP contribution in [0.1, 0.15) is 13.3 Å². The summed E-state index contributed by atoms with van der Waals surface area (Å²) in [6.07, 6.45) is 3.92. The zero-order valence-corrected chi connectivity index (χ0v) is 6.30. The third-order valence-corrected chi connectivity index (χ3v) is 2.19. The van der Waals surface area contributed by atoms with Crippen LogP contribution in [0.3, 0.4) is 0 Å². The van der Waals surface area contributed by atoms with E-state index in [2.05, 4.69) is 13.3 Å². The molecule has 2 aliphatic rings. The molecule has 2 fully saturated rings. The molecule has 57 valence electrons. The average molecular weight is 141 g/mol. The number of ether oxygens (including phenoxy) is 2. The van der Waals surface area contributed by atoms with Gasteiger partial charge in [-0.3, -0.25) is 0 Å². The lowest BCUT2D eigenvalue weighted by Gasteiger charge is -2.42. The Bertz CT molecular complexity index is 125. The van der Waals surface area contributed by atoms with Gasteiger partial charge in [-0.1, -0.05) is 6.92 Å². The fourth-order valence-electron chi connectivity index (χ4n) is 1.35. The molecule has 1 radical (unpaired) electrons. The van der Waals surface area contributed by atoms with Gasteiger partial charge in [0.05, 0.1) is 19.3 Å². The van der Waals surface area contributed by atoms with Crippen molar-refractivity contribution in [2.75, 3.05) is 19.8 Å². The largest absolute Gasteiger partial charge is 0.380 e. The summed E-state index contributed by atoms with van der Waals surface area (Å²) >= 11 is 0. The Hall–Kier alpha value is -0.0800. The molecule has 2 heteroatoms. The molecule has 0 aliphatic carbocycles. The highest BCUT2D eigenvalue weighted by atomic mass is 16.5. The first kappa shape index (κ1) is 6.62. The first-order chi connectivity index (χ1) is 4.79. The maximum Gasteiger partial charge on any atom is 0.0636 e. The molecule has 0 aromatic carbocycles. The number of rotatable bonds is 2. The van der Waals surface area contributed by atoms with Crippen molar-refractivity contribution in [2.45, 2.75) is 19.4 Å². The zero-order chi connectivity index (χ0) is 7.03. The van der Waals surface area contributed by atoms with E-state index in [1.54, 1.807) is 0 Å². The van der Waals surface area contributed by atoms with E-state index < -0.39 is 0 Å². The Labute approximate surface area is 61.5 Å². The first-order valence-corrected chi connectivity index (χ1v) is 3.84. The molecular formula is C8H13O2. The maximum absolute atomic E-state index is 5.29. The van der Waals surface area contributed by atoms with Crippen LogP contribution in [-0.4, -0.2) is 25.9 Å². The van der Waals surface area contributed by atoms with Gasteiger partial charge < -0.3 is 9.47 Å². The van der Waals surface area contributed by atoms with Gasteiger partial charge in [-0.15, -0.1) is 0 Å². The van der Waals surface area contributed by atoms with Crippen LogP contribution in [0.4, 0.5) is 0 Å². The molecular weight excluding hydrogens is 128 g/mol. The van der Waals surface area contributed by atoms with E-state index in [1.807, 2.05) is 0 Å². The summed E-state index contributed by atoms with van der Waals surface area (Å²) in [5, 5.41) is 0. The van der Waals surface area contributed by atoms with Crippen molar-refractivity contribution in [1.29, 1.82) is 0 Å². The molecule has 2 aliphatic heterocycles. The minimum atomic E-state index is 0.324. The van der Waals surface area contributed by atoms with Crippen LogP contribution < -0.4 is 0 Å². The molecule has 0 N–H and O–H groups in total. The second-order valence-corrected chi connectivity index (χ2v) is 3.51. The molecule has 0 aromatic rings. The molecule has 0 amide bonds. The molecule has 2 heterocycles. The second-order valence-electron chi connectivity index (χ2n) is 3.51. The minimum absolute atomic E-state index is 0.324. The van der Waals surface area contributed by atoms with Gasteiger partial charge in [0, 0.05) is 18.4 Å². The fourth-order valence-corrected chi connectivity index (χ4v) is 1.35. The van der Waals surface area contributed by atoms with Crippen molar-refractivity contribution in [3.63, 3.8) is 0 Å². The van der Waals surface area contributed by atoms with Gasteiger partial charge in [0.25, 0.3) is 0 Å². The summed E-state index contributed by atoms with van der Waals surface area (Å²) in [5.41, 5.74) is 0.324. The lowest BCUT2D eigenvalue weighted by molar-refractivity contribution is -0.114. The Morgan fingerprint density at radius 3 is 2.50 bits per heavy atom. The van der Waals surface area contributed by atoms with Gasteiger partial charge in [0.1, 0.15) is 0 Å². The van der Waals surface area contributed by atoms with Crippen molar-refractivity contribution in [3.8, 4) is 0 Å². The molecule has 1 atom stereocenters. The summed E-state index contributed by atoms with van der Waals surface area (Å²) in [4.78, 5) is 0. The normalized spacial score (nSPS) is 36.3. The molecule has 0 spiro atoms.